The quantitative estimate of drug-likeness (QED) is 0.242. The van der Waals surface area contributed by atoms with E-state index in [0.717, 1.165) is 17.6 Å². The molecule has 2 aromatic heterocycles. The average molecular weight is 488 g/mol. The van der Waals surface area contributed by atoms with Crippen LogP contribution in [0.2, 0.25) is 0 Å². The van der Waals surface area contributed by atoms with Gasteiger partial charge in [0.2, 0.25) is 0 Å². The zero-order valence-electron chi connectivity index (χ0n) is 20.8. The van der Waals surface area contributed by atoms with Gasteiger partial charge in [0.05, 0.1) is 11.0 Å². The van der Waals surface area contributed by atoms with Crippen LogP contribution in [0, 0.1) is 0 Å². The molecule has 0 saturated carbocycles. The van der Waals surface area contributed by atoms with Crippen molar-refractivity contribution in [2.24, 2.45) is 0 Å². The molecule has 180 valence electrons. The maximum absolute atomic E-state index is 6.06. The second kappa shape index (κ2) is 8.36. The zero-order valence-corrected chi connectivity index (χ0v) is 20.8. The molecule has 2 nitrogen and oxygen atoms in total. The van der Waals surface area contributed by atoms with Gasteiger partial charge in [-0.3, -0.25) is 0 Å². The number of nitrogens with zero attached hydrogens (tertiary/aromatic N) is 1. The molecule has 0 radical (unpaired) electrons. The van der Waals surface area contributed by atoms with Crippen LogP contribution in [0.3, 0.4) is 0 Å². The van der Waals surface area contributed by atoms with Gasteiger partial charge in [0.15, 0.2) is 0 Å². The van der Waals surface area contributed by atoms with Crippen LogP contribution in [0.15, 0.2) is 138 Å². The molecule has 0 fully saturated rings. The molecule has 0 spiro atoms. The number of rotatable bonds is 3. The number of aromatic nitrogens is 1. The van der Waals surface area contributed by atoms with E-state index in [-0.39, 0.29) is 0 Å². The van der Waals surface area contributed by atoms with E-state index in [2.05, 4.69) is 126 Å². The summed E-state index contributed by atoms with van der Waals surface area (Å²) in [5, 5.41) is 4.95. The van der Waals surface area contributed by atoms with Gasteiger partial charge in [0, 0.05) is 33.2 Å². The summed E-state index contributed by atoms with van der Waals surface area (Å²) in [6.45, 7) is 0. The fraction of sp³-hybridized carbons (Fsp3) is 0.0556. The number of hydrogen-bond donors (Lipinski definition) is 0. The molecule has 7 aromatic rings. The molecule has 1 atom stereocenters. The molecule has 2 heterocycles. The normalized spacial score (nSPS) is 15.6. The van der Waals surface area contributed by atoms with Crippen molar-refractivity contribution in [2.75, 3.05) is 0 Å². The number of furan rings is 1. The first-order valence-corrected chi connectivity index (χ1v) is 13.2. The molecular weight excluding hydrogens is 462 g/mol. The molecule has 1 aliphatic carbocycles. The number of allylic oxidation sites excluding steroid dienone is 4. The molecular formula is C36H25NO. The highest BCUT2D eigenvalue weighted by atomic mass is 16.3. The van der Waals surface area contributed by atoms with Crippen molar-refractivity contribution in [3.63, 3.8) is 0 Å². The largest absolute Gasteiger partial charge is 0.456 e. The van der Waals surface area contributed by atoms with E-state index in [0.29, 0.717) is 5.92 Å². The highest BCUT2D eigenvalue weighted by molar-refractivity contribution is 6.09. The van der Waals surface area contributed by atoms with Gasteiger partial charge in [-0.15, -0.1) is 0 Å². The van der Waals surface area contributed by atoms with Crippen LogP contribution in [-0.4, -0.2) is 4.57 Å². The van der Waals surface area contributed by atoms with Gasteiger partial charge in [0.25, 0.3) is 0 Å². The molecule has 0 N–H and O–H groups in total. The van der Waals surface area contributed by atoms with E-state index in [1.54, 1.807) is 0 Å². The lowest BCUT2D eigenvalue weighted by Crippen LogP contribution is -2.02. The number of para-hydroxylation sites is 3. The molecule has 1 aliphatic rings. The highest BCUT2D eigenvalue weighted by Crippen LogP contribution is 2.38. The molecule has 0 saturated heterocycles. The van der Waals surface area contributed by atoms with E-state index in [1.165, 1.54) is 55.0 Å². The minimum absolute atomic E-state index is 0.324. The van der Waals surface area contributed by atoms with E-state index in [9.17, 15) is 0 Å². The Morgan fingerprint density at radius 3 is 2.13 bits per heavy atom. The summed E-state index contributed by atoms with van der Waals surface area (Å²) in [4.78, 5) is 0. The van der Waals surface area contributed by atoms with Gasteiger partial charge >= 0.3 is 0 Å². The van der Waals surface area contributed by atoms with Gasteiger partial charge in [-0.2, -0.15) is 0 Å². The third-order valence-corrected chi connectivity index (χ3v) is 7.96. The van der Waals surface area contributed by atoms with E-state index in [1.807, 2.05) is 12.1 Å². The maximum Gasteiger partial charge on any atom is 0.135 e. The van der Waals surface area contributed by atoms with Gasteiger partial charge < -0.3 is 8.98 Å². The van der Waals surface area contributed by atoms with E-state index >= 15 is 0 Å². The van der Waals surface area contributed by atoms with Gasteiger partial charge in [-0.25, -0.2) is 0 Å². The first kappa shape index (κ1) is 21.3. The zero-order chi connectivity index (χ0) is 25.1. The first-order valence-electron chi connectivity index (χ1n) is 13.2. The summed E-state index contributed by atoms with van der Waals surface area (Å²) in [5.74, 6) is 0.324. The van der Waals surface area contributed by atoms with Crippen LogP contribution in [0.25, 0.3) is 55.0 Å². The molecule has 8 rings (SSSR count). The van der Waals surface area contributed by atoms with Gasteiger partial charge in [-0.05, 0) is 65.6 Å². The highest BCUT2D eigenvalue weighted by Gasteiger charge is 2.18. The second-order valence-corrected chi connectivity index (χ2v) is 10.2. The van der Waals surface area contributed by atoms with Gasteiger partial charge in [-0.1, -0.05) is 91.0 Å². The lowest BCUT2D eigenvalue weighted by molar-refractivity contribution is 0.668. The van der Waals surface area contributed by atoms with Crippen molar-refractivity contribution < 1.29 is 4.42 Å². The standard InChI is InChI=1S/C36H25NO/c1-4-16-33-29(13-1)30-14-2-5-17-34(30)37(33)28-12-8-11-26(22-28)24-9-7-10-25(21-24)27-19-20-36-32(23-27)31-15-3-6-18-35(31)38-36/h1-20,22-23,25H,21H2. The molecule has 1 unspecified atom stereocenters. The molecule has 2 heteroatoms. The smallest absolute Gasteiger partial charge is 0.135 e. The van der Waals surface area contributed by atoms with Gasteiger partial charge in [0.1, 0.15) is 11.2 Å². The van der Waals surface area contributed by atoms with E-state index in [4.69, 9.17) is 4.42 Å². The summed E-state index contributed by atoms with van der Waals surface area (Å²) >= 11 is 0. The predicted octanol–water partition coefficient (Wildman–Crippen LogP) is 9.81. The molecule has 0 bridgehead atoms. The molecule has 5 aromatic carbocycles. The third-order valence-electron chi connectivity index (χ3n) is 7.96. The van der Waals surface area contributed by atoms with Crippen LogP contribution in [0.4, 0.5) is 0 Å². The van der Waals surface area contributed by atoms with Crippen LogP contribution >= 0.6 is 0 Å². The third kappa shape index (κ3) is 3.27. The summed E-state index contributed by atoms with van der Waals surface area (Å²) in [6.07, 6.45) is 7.78. The molecule has 0 amide bonds. The van der Waals surface area contributed by atoms with Crippen LogP contribution in [0.5, 0.6) is 0 Å². The Morgan fingerprint density at radius 1 is 0.605 bits per heavy atom. The van der Waals surface area contributed by atoms with Crippen molar-refractivity contribution in [3.8, 4) is 5.69 Å². The summed E-state index contributed by atoms with van der Waals surface area (Å²) in [6, 6.07) is 41.3. The topological polar surface area (TPSA) is 18.1 Å². The number of hydrogen-bond acceptors (Lipinski definition) is 1. The van der Waals surface area contributed by atoms with Crippen molar-refractivity contribution in [1.82, 2.24) is 4.57 Å². The summed E-state index contributed by atoms with van der Waals surface area (Å²) in [7, 11) is 0. The summed E-state index contributed by atoms with van der Waals surface area (Å²) in [5.41, 5.74) is 9.52. The Balaban J connectivity index is 1.18. The average Bonchev–Trinajstić information content (AvgIpc) is 3.53. The monoisotopic (exact) mass is 487 g/mol. The first-order chi connectivity index (χ1) is 18.8. The number of fused-ring (bicyclic) bond motifs is 6. The fourth-order valence-corrected chi connectivity index (χ4v) is 6.14. The Hall–Kier alpha value is -4.82. The van der Waals surface area contributed by atoms with Crippen molar-refractivity contribution in [3.05, 3.63) is 145 Å². The maximum atomic E-state index is 6.06. The Labute approximate surface area is 220 Å². The van der Waals surface area contributed by atoms with Crippen LogP contribution in [-0.2, 0) is 0 Å². The lowest BCUT2D eigenvalue weighted by Gasteiger charge is -2.20. The lowest BCUT2D eigenvalue weighted by atomic mass is 9.85. The van der Waals surface area contributed by atoms with Crippen molar-refractivity contribution in [1.29, 1.82) is 0 Å². The number of benzene rings is 5. The fourth-order valence-electron chi connectivity index (χ4n) is 6.14. The summed E-state index contributed by atoms with van der Waals surface area (Å²) < 4.78 is 8.45. The Kier molecular flexibility index (Phi) is 4.68. The second-order valence-electron chi connectivity index (χ2n) is 10.2. The Morgan fingerprint density at radius 2 is 1.32 bits per heavy atom. The Bertz CT molecular complexity index is 2010. The van der Waals surface area contributed by atoms with Crippen LogP contribution < -0.4 is 0 Å². The SMILES string of the molecule is C1=CC(c2ccc3oc4ccccc4c3c2)CC(c2cccc(-n3c4ccccc4c4ccccc43)c2)=C1. The molecule has 0 aliphatic heterocycles. The van der Waals surface area contributed by atoms with Crippen molar-refractivity contribution in [2.45, 2.75) is 12.3 Å². The minimum atomic E-state index is 0.324. The van der Waals surface area contributed by atoms with Crippen LogP contribution in [0.1, 0.15) is 23.5 Å². The minimum Gasteiger partial charge on any atom is -0.456 e. The molecule has 38 heavy (non-hydrogen) atoms. The van der Waals surface area contributed by atoms with Crippen molar-refractivity contribution >= 4 is 49.3 Å². The predicted molar refractivity (Wildman–Crippen MR) is 159 cm³/mol. The van der Waals surface area contributed by atoms with E-state index < -0.39 is 0 Å².